The Bertz CT molecular complexity index is 1070. The van der Waals surface area contributed by atoms with E-state index in [4.69, 9.17) is 9.47 Å². The summed E-state index contributed by atoms with van der Waals surface area (Å²) in [6.45, 7) is 6.44. The van der Waals surface area contributed by atoms with Gasteiger partial charge in [0.15, 0.2) is 0 Å². The molecule has 1 aliphatic carbocycles. The first kappa shape index (κ1) is 22.4. The second-order valence-electron chi connectivity index (χ2n) is 8.68. The number of likely N-dealkylation sites (tertiary alicyclic amines) is 1. The predicted octanol–water partition coefficient (Wildman–Crippen LogP) is 5.85. The third-order valence-corrected chi connectivity index (χ3v) is 6.73. The predicted molar refractivity (Wildman–Crippen MR) is 132 cm³/mol. The molecule has 3 nitrogen and oxygen atoms in total. The molecular weight excluding hydrogens is 394 g/mol. The lowest BCUT2D eigenvalue weighted by molar-refractivity contribution is 0.154. The molecule has 0 saturated carbocycles. The van der Waals surface area contributed by atoms with Crippen LogP contribution in [0.15, 0.2) is 65.9 Å². The Morgan fingerprint density at radius 3 is 2.50 bits per heavy atom. The van der Waals surface area contributed by atoms with Crippen LogP contribution in [0.2, 0.25) is 0 Å². The maximum Gasteiger partial charge on any atom is 0.144 e. The highest BCUT2D eigenvalue weighted by Gasteiger charge is 2.26. The van der Waals surface area contributed by atoms with E-state index in [-0.39, 0.29) is 6.10 Å². The molecule has 32 heavy (non-hydrogen) atoms. The number of hydrogen-bond acceptors (Lipinski definition) is 3. The first-order chi connectivity index (χ1) is 15.6. The molecule has 166 valence electrons. The molecule has 1 unspecified atom stereocenters. The summed E-state index contributed by atoms with van der Waals surface area (Å²) in [5.41, 5.74) is 7.27. The average Bonchev–Trinajstić information content (AvgIpc) is 3.21. The SMILES string of the molecule is COC1=C(\CN2CCC[C@H]2C)C(OC)C#CC/C(c2cccc(-c3ccccc3)c2C)=C\1. The maximum absolute atomic E-state index is 5.95. The van der Waals surface area contributed by atoms with Gasteiger partial charge in [-0.15, -0.1) is 0 Å². The Morgan fingerprint density at radius 2 is 1.81 bits per heavy atom. The summed E-state index contributed by atoms with van der Waals surface area (Å²) in [5, 5.41) is 0. The topological polar surface area (TPSA) is 21.7 Å². The summed E-state index contributed by atoms with van der Waals surface area (Å²) in [4.78, 5) is 2.51. The zero-order valence-electron chi connectivity index (χ0n) is 19.7. The fourth-order valence-corrected chi connectivity index (χ4v) is 4.84. The Hall–Kier alpha value is -2.80. The number of hydrogen-bond donors (Lipinski definition) is 0. The third-order valence-electron chi connectivity index (χ3n) is 6.73. The molecule has 2 aromatic carbocycles. The summed E-state index contributed by atoms with van der Waals surface area (Å²) in [6, 6.07) is 17.7. The monoisotopic (exact) mass is 427 g/mol. The van der Waals surface area contributed by atoms with Crippen LogP contribution in [-0.4, -0.2) is 44.4 Å². The Balaban J connectivity index is 1.78. The van der Waals surface area contributed by atoms with Gasteiger partial charge in [0.05, 0.1) is 7.11 Å². The molecule has 2 aromatic rings. The zero-order valence-corrected chi connectivity index (χ0v) is 19.7. The van der Waals surface area contributed by atoms with Crippen molar-refractivity contribution >= 4 is 5.57 Å². The number of rotatable bonds is 6. The number of methoxy groups -OCH3 is 2. The van der Waals surface area contributed by atoms with E-state index < -0.39 is 0 Å². The summed E-state index contributed by atoms with van der Waals surface area (Å²) < 4.78 is 11.7. The molecule has 1 fully saturated rings. The molecule has 0 spiro atoms. The fraction of sp³-hybridized carbons (Fsp3) is 0.379. The van der Waals surface area contributed by atoms with Crippen LogP contribution in [0, 0.1) is 18.8 Å². The lowest BCUT2D eigenvalue weighted by Gasteiger charge is -2.27. The molecule has 0 amide bonds. The molecule has 3 heteroatoms. The molecule has 2 aliphatic rings. The molecule has 0 aromatic heterocycles. The van der Waals surface area contributed by atoms with Crippen LogP contribution in [0.1, 0.15) is 37.3 Å². The Labute approximate surface area is 192 Å². The van der Waals surface area contributed by atoms with Gasteiger partial charge in [-0.2, -0.15) is 0 Å². The Kier molecular flexibility index (Phi) is 7.15. The van der Waals surface area contributed by atoms with Crippen LogP contribution in [0.5, 0.6) is 0 Å². The fourth-order valence-electron chi connectivity index (χ4n) is 4.84. The highest BCUT2D eigenvalue weighted by atomic mass is 16.5. The maximum atomic E-state index is 5.95. The molecule has 0 bridgehead atoms. The standard InChI is InChI=1S/C29H33NO2/c1-21-11-10-18-30(21)20-27-28(31-3)17-8-14-24(19-29(27)32-4)26-16-9-15-25(22(26)2)23-12-6-5-7-13-23/h5-7,9,12-13,15-16,19,21,28H,10-11,14,18,20H2,1-4H3/b24-19+,29-27+/t21-,28?/m1/s1. The smallest absolute Gasteiger partial charge is 0.144 e. The van der Waals surface area contributed by atoms with Gasteiger partial charge in [0.1, 0.15) is 11.9 Å². The molecule has 4 rings (SSSR count). The van der Waals surface area contributed by atoms with E-state index in [1.54, 1.807) is 14.2 Å². The lowest BCUT2D eigenvalue weighted by atomic mass is 9.90. The van der Waals surface area contributed by atoms with E-state index in [9.17, 15) is 0 Å². The van der Waals surface area contributed by atoms with Crippen molar-refractivity contribution in [3.63, 3.8) is 0 Å². The van der Waals surface area contributed by atoms with Crippen molar-refractivity contribution in [1.29, 1.82) is 0 Å². The molecular formula is C29H33NO2. The molecule has 2 atom stereocenters. The largest absolute Gasteiger partial charge is 0.497 e. The number of ether oxygens (including phenoxy) is 2. The van der Waals surface area contributed by atoms with E-state index in [1.165, 1.54) is 40.7 Å². The van der Waals surface area contributed by atoms with Gasteiger partial charge in [0.2, 0.25) is 0 Å². The van der Waals surface area contributed by atoms with Crippen molar-refractivity contribution in [1.82, 2.24) is 4.90 Å². The van der Waals surface area contributed by atoms with Crippen molar-refractivity contribution in [3.05, 3.63) is 77.1 Å². The quantitative estimate of drug-likeness (QED) is 0.540. The first-order valence-corrected chi connectivity index (χ1v) is 11.5. The summed E-state index contributed by atoms with van der Waals surface area (Å²) in [6.07, 6.45) is 5.09. The lowest BCUT2D eigenvalue weighted by Crippen LogP contribution is -2.33. The number of allylic oxidation sites excluding steroid dienone is 2. The summed E-state index contributed by atoms with van der Waals surface area (Å²) in [5.74, 6) is 7.62. The van der Waals surface area contributed by atoms with Crippen molar-refractivity contribution < 1.29 is 9.47 Å². The average molecular weight is 428 g/mol. The van der Waals surface area contributed by atoms with Gasteiger partial charge < -0.3 is 9.47 Å². The van der Waals surface area contributed by atoms with Crippen molar-refractivity contribution in [3.8, 4) is 23.0 Å². The highest BCUT2D eigenvalue weighted by molar-refractivity contribution is 5.79. The van der Waals surface area contributed by atoms with Crippen LogP contribution in [-0.2, 0) is 9.47 Å². The zero-order chi connectivity index (χ0) is 22.5. The molecule has 0 radical (unpaired) electrons. The minimum absolute atomic E-state index is 0.243. The van der Waals surface area contributed by atoms with Gasteiger partial charge in [-0.05, 0) is 67.1 Å². The summed E-state index contributed by atoms with van der Waals surface area (Å²) >= 11 is 0. The normalized spacial score (nSPS) is 25.3. The number of nitrogens with zero attached hydrogens (tertiary/aromatic N) is 1. The minimum atomic E-state index is -0.243. The second-order valence-corrected chi connectivity index (χ2v) is 8.68. The van der Waals surface area contributed by atoms with Crippen molar-refractivity contribution in [2.24, 2.45) is 0 Å². The van der Waals surface area contributed by atoms with Crippen LogP contribution in [0.3, 0.4) is 0 Å². The van der Waals surface area contributed by atoms with Gasteiger partial charge in [-0.25, -0.2) is 0 Å². The van der Waals surface area contributed by atoms with Crippen LogP contribution in [0.4, 0.5) is 0 Å². The van der Waals surface area contributed by atoms with E-state index >= 15 is 0 Å². The third kappa shape index (κ3) is 4.67. The number of benzene rings is 2. The minimum Gasteiger partial charge on any atom is -0.497 e. The van der Waals surface area contributed by atoms with Crippen LogP contribution >= 0.6 is 0 Å². The molecule has 0 N–H and O–H groups in total. The van der Waals surface area contributed by atoms with E-state index in [0.717, 1.165) is 24.4 Å². The van der Waals surface area contributed by atoms with Gasteiger partial charge in [0.25, 0.3) is 0 Å². The van der Waals surface area contributed by atoms with Gasteiger partial charge in [-0.1, -0.05) is 60.4 Å². The van der Waals surface area contributed by atoms with Crippen LogP contribution in [0.25, 0.3) is 16.7 Å². The molecule has 1 aliphatic heterocycles. The van der Waals surface area contributed by atoms with E-state index in [2.05, 4.69) is 85.2 Å². The van der Waals surface area contributed by atoms with Gasteiger partial charge >= 0.3 is 0 Å². The molecule has 1 heterocycles. The highest BCUT2D eigenvalue weighted by Crippen LogP contribution is 2.33. The van der Waals surface area contributed by atoms with E-state index in [1.807, 2.05) is 0 Å². The van der Waals surface area contributed by atoms with Crippen molar-refractivity contribution in [2.45, 2.75) is 45.3 Å². The molecule has 1 saturated heterocycles. The van der Waals surface area contributed by atoms with Gasteiger partial charge in [-0.3, -0.25) is 4.90 Å². The first-order valence-electron chi connectivity index (χ1n) is 11.5. The summed E-state index contributed by atoms with van der Waals surface area (Å²) in [7, 11) is 3.49. The van der Waals surface area contributed by atoms with Crippen molar-refractivity contribution in [2.75, 3.05) is 27.3 Å². The van der Waals surface area contributed by atoms with E-state index in [0.29, 0.717) is 12.5 Å². The van der Waals surface area contributed by atoms with Crippen LogP contribution < -0.4 is 0 Å². The van der Waals surface area contributed by atoms with Gasteiger partial charge in [0, 0.05) is 31.7 Å². The second kappa shape index (κ2) is 10.2. The Morgan fingerprint density at radius 1 is 1.03 bits per heavy atom.